The lowest BCUT2D eigenvalue weighted by Crippen LogP contribution is -2.60. The molecule has 0 saturated carbocycles. The molecule has 0 radical (unpaired) electrons. The van der Waals surface area contributed by atoms with Crippen molar-refractivity contribution >= 4 is 11.9 Å². The fourth-order valence-electron chi connectivity index (χ4n) is 3.65. The van der Waals surface area contributed by atoms with E-state index in [9.17, 15) is 40.2 Å². The zero-order valence-electron chi connectivity index (χ0n) is 19.0. The SMILES string of the molecule is O=C(O)CC(O)(Cc1ccc(O)cc1)C(=O)OCc1ccc(OC2OC(CO)C(O)C(O)C2O)cc1. The second-order valence-corrected chi connectivity index (χ2v) is 8.48. The number of carbonyl (C=O) groups is 2. The number of phenolic OH excluding ortho intramolecular Hbond substituents is 1. The Morgan fingerprint density at radius 1 is 0.917 bits per heavy atom. The third-order valence-electron chi connectivity index (χ3n) is 5.65. The summed E-state index contributed by atoms with van der Waals surface area (Å²) >= 11 is 0. The van der Waals surface area contributed by atoms with Gasteiger partial charge in [0.25, 0.3) is 0 Å². The molecule has 0 aromatic heterocycles. The highest BCUT2D eigenvalue weighted by Gasteiger charge is 2.44. The second-order valence-electron chi connectivity index (χ2n) is 8.48. The number of ether oxygens (including phenoxy) is 3. The molecule has 12 nitrogen and oxygen atoms in total. The highest BCUT2D eigenvalue weighted by molar-refractivity contribution is 5.85. The topological polar surface area (TPSA) is 203 Å². The highest BCUT2D eigenvalue weighted by Crippen LogP contribution is 2.25. The summed E-state index contributed by atoms with van der Waals surface area (Å²) in [6.45, 7) is -0.896. The van der Waals surface area contributed by atoms with Gasteiger partial charge in [-0.3, -0.25) is 4.79 Å². The molecule has 1 aliphatic rings. The van der Waals surface area contributed by atoms with E-state index in [1.807, 2.05) is 0 Å². The lowest BCUT2D eigenvalue weighted by atomic mass is 9.91. The van der Waals surface area contributed by atoms with Crippen LogP contribution < -0.4 is 4.74 Å². The van der Waals surface area contributed by atoms with Crippen molar-refractivity contribution in [1.29, 1.82) is 0 Å². The van der Waals surface area contributed by atoms with E-state index in [4.69, 9.17) is 19.3 Å². The zero-order chi connectivity index (χ0) is 26.5. The van der Waals surface area contributed by atoms with Crippen LogP contribution in [-0.4, -0.2) is 90.6 Å². The monoisotopic (exact) mass is 508 g/mol. The standard InChI is InChI=1S/C24H28O12/c25-11-17-19(29)20(30)21(31)22(36-17)35-16-7-3-14(4-8-16)12-34-23(32)24(33,10-18(27)28)9-13-1-5-15(26)6-2-13/h1-8,17,19-22,25-26,29-31,33H,9-12H2,(H,27,28). The first-order chi connectivity index (χ1) is 17.0. The fraction of sp³-hybridized carbons (Fsp3) is 0.417. The molecule has 2 aromatic carbocycles. The summed E-state index contributed by atoms with van der Waals surface area (Å²) in [5.74, 6) is -2.37. The molecule has 0 bridgehead atoms. The Kier molecular flexibility index (Phi) is 8.84. The molecule has 196 valence electrons. The molecule has 6 unspecified atom stereocenters. The van der Waals surface area contributed by atoms with Crippen molar-refractivity contribution in [2.45, 2.75) is 55.8 Å². The summed E-state index contributed by atoms with van der Waals surface area (Å²) in [5.41, 5.74) is -1.45. The van der Waals surface area contributed by atoms with Crippen molar-refractivity contribution in [2.75, 3.05) is 6.61 Å². The van der Waals surface area contributed by atoms with E-state index in [1.165, 1.54) is 48.5 Å². The van der Waals surface area contributed by atoms with Gasteiger partial charge in [-0.2, -0.15) is 0 Å². The number of phenols is 1. The third-order valence-corrected chi connectivity index (χ3v) is 5.65. The Morgan fingerprint density at radius 3 is 2.11 bits per heavy atom. The average Bonchev–Trinajstić information content (AvgIpc) is 2.84. The smallest absolute Gasteiger partial charge is 0.339 e. The van der Waals surface area contributed by atoms with Gasteiger partial charge in [-0.05, 0) is 35.4 Å². The Labute approximate surface area is 205 Å². The lowest BCUT2D eigenvalue weighted by molar-refractivity contribution is -0.277. The van der Waals surface area contributed by atoms with Gasteiger partial charge in [-0.1, -0.05) is 24.3 Å². The van der Waals surface area contributed by atoms with Crippen LogP contribution in [0.25, 0.3) is 0 Å². The molecule has 1 aliphatic heterocycles. The van der Waals surface area contributed by atoms with E-state index in [0.29, 0.717) is 11.1 Å². The largest absolute Gasteiger partial charge is 0.508 e. The van der Waals surface area contributed by atoms with E-state index in [0.717, 1.165) is 0 Å². The van der Waals surface area contributed by atoms with Crippen LogP contribution in [0.4, 0.5) is 0 Å². The first-order valence-electron chi connectivity index (χ1n) is 11.0. The van der Waals surface area contributed by atoms with Crippen LogP contribution in [0.5, 0.6) is 11.5 Å². The van der Waals surface area contributed by atoms with Gasteiger partial charge >= 0.3 is 11.9 Å². The molecule has 1 saturated heterocycles. The number of carboxylic acids is 1. The van der Waals surface area contributed by atoms with Crippen LogP contribution in [0.3, 0.4) is 0 Å². The summed E-state index contributed by atoms with van der Waals surface area (Å²) < 4.78 is 15.9. The minimum absolute atomic E-state index is 0.0259. The highest BCUT2D eigenvalue weighted by atomic mass is 16.7. The lowest BCUT2D eigenvalue weighted by Gasteiger charge is -2.39. The quantitative estimate of drug-likeness (QED) is 0.194. The number of benzene rings is 2. The number of rotatable bonds is 10. The van der Waals surface area contributed by atoms with Gasteiger partial charge in [-0.15, -0.1) is 0 Å². The van der Waals surface area contributed by atoms with Crippen molar-refractivity contribution in [3.63, 3.8) is 0 Å². The van der Waals surface area contributed by atoms with E-state index in [1.54, 1.807) is 0 Å². The number of aliphatic hydroxyl groups excluding tert-OH is 4. The minimum atomic E-state index is -2.34. The maximum atomic E-state index is 12.6. The molecule has 6 atom stereocenters. The number of carbonyl (C=O) groups excluding carboxylic acids is 1. The molecular weight excluding hydrogens is 480 g/mol. The number of aromatic hydroxyl groups is 1. The summed E-state index contributed by atoms with van der Waals surface area (Å²) in [4.78, 5) is 23.9. The Hall–Kier alpha value is -3.26. The predicted octanol–water partition coefficient (Wildman–Crippen LogP) is -0.937. The van der Waals surface area contributed by atoms with Crippen molar-refractivity contribution < 1.29 is 59.5 Å². The normalized spacial score (nSPS) is 25.5. The van der Waals surface area contributed by atoms with Gasteiger partial charge in [0.1, 0.15) is 42.5 Å². The summed E-state index contributed by atoms with van der Waals surface area (Å²) in [6.07, 6.45) is -8.41. The van der Waals surface area contributed by atoms with Crippen LogP contribution in [-0.2, 0) is 32.1 Å². The molecule has 2 aromatic rings. The van der Waals surface area contributed by atoms with Crippen molar-refractivity contribution in [3.05, 3.63) is 59.7 Å². The molecule has 0 amide bonds. The summed E-state index contributed by atoms with van der Waals surface area (Å²) in [6, 6.07) is 11.5. The molecule has 0 spiro atoms. The number of hydrogen-bond acceptors (Lipinski definition) is 11. The van der Waals surface area contributed by atoms with Gasteiger partial charge in [0.05, 0.1) is 13.0 Å². The van der Waals surface area contributed by atoms with Crippen molar-refractivity contribution in [2.24, 2.45) is 0 Å². The average molecular weight is 508 g/mol. The van der Waals surface area contributed by atoms with Crippen LogP contribution in [0.2, 0.25) is 0 Å². The van der Waals surface area contributed by atoms with E-state index < -0.39 is 61.3 Å². The summed E-state index contributed by atoms with van der Waals surface area (Å²) in [5, 5.41) is 68.3. The maximum absolute atomic E-state index is 12.6. The van der Waals surface area contributed by atoms with Crippen LogP contribution in [0.1, 0.15) is 17.5 Å². The number of hydrogen-bond donors (Lipinski definition) is 7. The third kappa shape index (κ3) is 6.69. The van der Waals surface area contributed by atoms with Gasteiger partial charge in [-0.25, -0.2) is 4.79 Å². The number of aliphatic carboxylic acids is 1. The molecule has 36 heavy (non-hydrogen) atoms. The van der Waals surface area contributed by atoms with Gasteiger partial charge in [0.2, 0.25) is 6.29 Å². The van der Waals surface area contributed by atoms with E-state index in [-0.39, 0.29) is 24.5 Å². The fourth-order valence-corrected chi connectivity index (χ4v) is 3.65. The first kappa shape index (κ1) is 27.3. The van der Waals surface area contributed by atoms with Crippen molar-refractivity contribution in [1.82, 2.24) is 0 Å². The Morgan fingerprint density at radius 2 is 1.53 bits per heavy atom. The molecule has 3 rings (SSSR count). The molecule has 1 fully saturated rings. The first-order valence-corrected chi connectivity index (χ1v) is 11.0. The molecular formula is C24H28O12. The van der Waals surface area contributed by atoms with E-state index in [2.05, 4.69) is 0 Å². The minimum Gasteiger partial charge on any atom is -0.508 e. The number of aliphatic hydroxyl groups is 5. The Bertz CT molecular complexity index is 1020. The molecule has 1 heterocycles. The summed E-state index contributed by atoms with van der Waals surface area (Å²) in [7, 11) is 0. The van der Waals surface area contributed by atoms with Crippen molar-refractivity contribution in [3.8, 4) is 11.5 Å². The number of esters is 1. The second kappa shape index (κ2) is 11.6. The molecule has 12 heteroatoms. The van der Waals surface area contributed by atoms with Gasteiger partial charge in [0, 0.05) is 6.42 Å². The van der Waals surface area contributed by atoms with Crippen LogP contribution in [0.15, 0.2) is 48.5 Å². The zero-order valence-corrected chi connectivity index (χ0v) is 19.0. The Balaban J connectivity index is 1.61. The molecule has 0 aliphatic carbocycles. The van der Waals surface area contributed by atoms with E-state index >= 15 is 0 Å². The number of carboxylic acid groups (broad SMARTS) is 1. The van der Waals surface area contributed by atoms with Gasteiger partial charge < -0.3 is 50.0 Å². The predicted molar refractivity (Wildman–Crippen MR) is 120 cm³/mol. The molecule has 7 N–H and O–H groups in total. The van der Waals surface area contributed by atoms with Gasteiger partial charge in [0.15, 0.2) is 5.60 Å². The maximum Gasteiger partial charge on any atom is 0.339 e. The van der Waals surface area contributed by atoms with Crippen LogP contribution in [0, 0.1) is 0 Å². The van der Waals surface area contributed by atoms with Crippen LogP contribution >= 0.6 is 0 Å².